The zero-order valence-corrected chi connectivity index (χ0v) is 12.5. The van der Waals surface area contributed by atoms with Crippen LogP contribution in [0.2, 0.25) is 0 Å². The zero-order chi connectivity index (χ0) is 15.7. The van der Waals surface area contributed by atoms with E-state index in [1.807, 2.05) is 6.92 Å². The Morgan fingerprint density at radius 1 is 1.32 bits per heavy atom. The predicted octanol–water partition coefficient (Wildman–Crippen LogP) is 0.929. The first-order chi connectivity index (χ1) is 10.6. The number of aromatic amines is 2. The fourth-order valence-corrected chi connectivity index (χ4v) is 2.57. The Labute approximate surface area is 127 Å². The van der Waals surface area contributed by atoms with Gasteiger partial charge in [-0.2, -0.15) is 0 Å². The summed E-state index contributed by atoms with van der Waals surface area (Å²) in [5.41, 5.74) is 1.41. The highest BCUT2D eigenvalue weighted by Gasteiger charge is 2.32. The van der Waals surface area contributed by atoms with Crippen LogP contribution >= 0.6 is 0 Å². The quantitative estimate of drug-likeness (QED) is 0.863. The first-order valence-corrected chi connectivity index (χ1v) is 7.16. The van der Waals surface area contributed by atoms with Crippen molar-refractivity contribution in [2.45, 2.75) is 19.9 Å². The van der Waals surface area contributed by atoms with E-state index in [0.717, 1.165) is 11.4 Å². The summed E-state index contributed by atoms with van der Waals surface area (Å²) >= 11 is 0. The van der Waals surface area contributed by atoms with E-state index < -0.39 is 0 Å². The molecule has 0 spiro atoms. The van der Waals surface area contributed by atoms with E-state index in [9.17, 15) is 9.59 Å². The number of carbonyl (C=O) groups is 1. The summed E-state index contributed by atoms with van der Waals surface area (Å²) in [5, 5.41) is 0. The minimum Gasteiger partial charge on any atom is -0.377 e. The normalized spacial score (nSPS) is 18.5. The number of pyridine rings is 1. The molecule has 7 nitrogen and oxygen atoms in total. The molecule has 2 N–H and O–H groups in total. The van der Waals surface area contributed by atoms with Gasteiger partial charge in [0, 0.05) is 24.1 Å². The second kappa shape index (κ2) is 5.76. The number of nitrogens with zero attached hydrogens (tertiary/aromatic N) is 2. The van der Waals surface area contributed by atoms with E-state index in [-0.39, 0.29) is 23.1 Å². The molecule has 1 atom stereocenters. The van der Waals surface area contributed by atoms with Crippen LogP contribution in [0.15, 0.2) is 23.1 Å². The van der Waals surface area contributed by atoms with Gasteiger partial charge in [0.25, 0.3) is 11.5 Å². The largest absolute Gasteiger partial charge is 0.377 e. The van der Waals surface area contributed by atoms with Gasteiger partial charge in [-0.1, -0.05) is 0 Å². The van der Waals surface area contributed by atoms with Crippen molar-refractivity contribution in [1.82, 2.24) is 19.9 Å². The summed E-state index contributed by atoms with van der Waals surface area (Å²) in [4.78, 5) is 36.5. The second-order valence-corrected chi connectivity index (χ2v) is 5.42. The number of imidazole rings is 1. The van der Waals surface area contributed by atoms with Crippen molar-refractivity contribution in [3.63, 3.8) is 0 Å². The van der Waals surface area contributed by atoms with E-state index >= 15 is 0 Å². The van der Waals surface area contributed by atoms with Crippen LogP contribution in [0, 0.1) is 13.8 Å². The van der Waals surface area contributed by atoms with Crippen LogP contribution in [0.25, 0.3) is 0 Å². The van der Waals surface area contributed by atoms with Crippen molar-refractivity contribution in [3.8, 4) is 0 Å². The third kappa shape index (κ3) is 2.67. The van der Waals surface area contributed by atoms with Gasteiger partial charge in [0.15, 0.2) is 0 Å². The highest BCUT2D eigenvalue weighted by Crippen LogP contribution is 2.23. The molecule has 7 heteroatoms. The molecular formula is C15H18N4O3. The minimum atomic E-state index is -0.370. The molecule has 0 aromatic carbocycles. The number of nitrogens with one attached hydrogen (secondary N) is 2. The predicted molar refractivity (Wildman–Crippen MR) is 79.7 cm³/mol. The molecule has 0 radical (unpaired) electrons. The molecule has 2 aromatic rings. The maximum absolute atomic E-state index is 12.7. The second-order valence-electron chi connectivity index (χ2n) is 5.42. The molecule has 1 amide bonds. The first kappa shape index (κ1) is 14.5. The van der Waals surface area contributed by atoms with E-state index in [4.69, 9.17) is 4.74 Å². The van der Waals surface area contributed by atoms with Crippen LogP contribution in [-0.4, -0.2) is 45.5 Å². The van der Waals surface area contributed by atoms with Crippen LogP contribution in [0.4, 0.5) is 0 Å². The standard InChI is InChI=1S/C15H18N4O3/c1-9-3-4-11(14(20)18-9)15(21)19-5-6-22-8-12(19)13-16-7-10(2)17-13/h3-4,7,12H,5-6,8H2,1-2H3,(H,16,17)(H,18,20)/t12-/m0/s1. The molecule has 2 aromatic heterocycles. The van der Waals surface area contributed by atoms with Gasteiger partial charge in [0.2, 0.25) is 0 Å². The Hall–Kier alpha value is -2.41. The molecule has 1 aliphatic rings. The van der Waals surface area contributed by atoms with Gasteiger partial charge in [0.05, 0.1) is 13.2 Å². The van der Waals surface area contributed by atoms with Crippen molar-refractivity contribution in [3.05, 3.63) is 51.5 Å². The van der Waals surface area contributed by atoms with Crippen molar-refractivity contribution in [2.75, 3.05) is 19.8 Å². The van der Waals surface area contributed by atoms with Gasteiger partial charge < -0.3 is 19.6 Å². The lowest BCUT2D eigenvalue weighted by molar-refractivity contribution is -0.00510. The third-order valence-electron chi connectivity index (χ3n) is 3.71. The number of hydrogen-bond acceptors (Lipinski definition) is 4. The van der Waals surface area contributed by atoms with Crippen LogP contribution < -0.4 is 5.56 Å². The highest BCUT2D eigenvalue weighted by molar-refractivity contribution is 5.94. The van der Waals surface area contributed by atoms with Gasteiger partial charge in [-0.3, -0.25) is 9.59 Å². The number of aryl methyl sites for hydroxylation is 2. The number of amides is 1. The molecule has 0 saturated carbocycles. The zero-order valence-electron chi connectivity index (χ0n) is 12.5. The number of hydrogen-bond donors (Lipinski definition) is 2. The Morgan fingerprint density at radius 3 is 2.82 bits per heavy atom. The number of H-pyrrole nitrogens is 2. The molecule has 0 unspecified atom stereocenters. The SMILES string of the molecule is Cc1cnc([C@@H]2COCCN2C(=O)c2ccc(C)[nH]c2=O)[nH]1. The Morgan fingerprint density at radius 2 is 2.14 bits per heavy atom. The van der Waals surface area contributed by atoms with Crippen LogP contribution in [0.5, 0.6) is 0 Å². The van der Waals surface area contributed by atoms with Crippen molar-refractivity contribution in [1.29, 1.82) is 0 Å². The summed E-state index contributed by atoms with van der Waals surface area (Å²) < 4.78 is 5.47. The molecule has 1 saturated heterocycles. The van der Waals surface area contributed by atoms with Gasteiger partial charge in [-0.25, -0.2) is 4.98 Å². The van der Waals surface area contributed by atoms with Crippen LogP contribution in [0.1, 0.15) is 33.6 Å². The molecular weight excluding hydrogens is 284 g/mol. The van der Waals surface area contributed by atoms with Gasteiger partial charge >= 0.3 is 0 Å². The number of aromatic nitrogens is 3. The lowest BCUT2D eigenvalue weighted by atomic mass is 10.1. The maximum Gasteiger partial charge on any atom is 0.260 e. The highest BCUT2D eigenvalue weighted by atomic mass is 16.5. The summed E-state index contributed by atoms with van der Waals surface area (Å²) in [6.45, 7) is 4.92. The molecule has 1 fully saturated rings. The molecule has 0 aliphatic carbocycles. The summed E-state index contributed by atoms with van der Waals surface area (Å²) in [6, 6.07) is 2.98. The molecule has 1 aliphatic heterocycles. The monoisotopic (exact) mass is 302 g/mol. The van der Waals surface area contributed by atoms with Crippen molar-refractivity contribution >= 4 is 5.91 Å². The Balaban J connectivity index is 1.93. The van der Waals surface area contributed by atoms with Crippen LogP contribution in [-0.2, 0) is 4.74 Å². The number of ether oxygens (including phenoxy) is 1. The van der Waals surface area contributed by atoms with Crippen molar-refractivity contribution in [2.24, 2.45) is 0 Å². The topological polar surface area (TPSA) is 91.1 Å². The first-order valence-electron chi connectivity index (χ1n) is 7.16. The van der Waals surface area contributed by atoms with Gasteiger partial charge in [0.1, 0.15) is 17.4 Å². The van der Waals surface area contributed by atoms with Crippen LogP contribution in [0.3, 0.4) is 0 Å². The average Bonchev–Trinajstić information content (AvgIpc) is 2.93. The smallest absolute Gasteiger partial charge is 0.260 e. The minimum absolute atomic E-state index is 0.140. The summed E-state index contributed by atoms with van der Waals surface area (Å²) in [7, 11) is 0. The third-order valence-corrected chi connectivity index (χ3v) is 3.71. The van der Waals surface area contributed by atoms with E-state index in [2.05, 4.69) is 15.0 Å². The van der Waals surface area contributed by atoms with E-state index in [1.54, 1.807) is 30.2 Å². The molecule has 116 valence electrons. The Kier molecular flexibility index (Phi) is 3.81. The Bertz CT molecular complexity index is 749. The van der Waals surface area contributed by atoms with Gasteiger partial charge in [-0.15, -0.1) is 0 Å². The fourth-order valence-electron chi connectivity index (χ4n) is 2.57. The fraction of sp³-hybridized carbons (Fsp3) is 0.400. The lowest BCUT2D eigenvalue weighted by Gasteiger charge is -2.34. The van der Waals surface area contributed by atoms with E-state index in [0.29, 0.717) is 25.6 Å². The summed E-state index contributed by atoms with van der Waals surface area (Å²) in [5.74, 6) is 0.373. The molecule has 0 bridgehead atoms. The summed E-state index contributed by atoms with van der Waals surface area (Å²) in [6.07, 6.45) is 1.71. The lowest BCUT2D eigenvalue weighted by Crippen LogP contribution is -2.45. The number of carbonyl (C=O) groups excluding carboxylic acids is 1. The number of morpholine rings is 1. The molecule has 3 rings (SSSR count). The number of rotatable bonds is 2. The van der Waals surface area contributed by atoms with Gasteiger partial charge in [-0.05, 0) is 26.0 Å². The average molecular weight is 302 g/mol. The van der Waals surface area contributed by atoms with E-state index in [1.165, 1.54) is 0 Å². The molecule has 22 heavy (non-hydrogen) atoms. The molecule has 3 heterocycles. The van der Waals surface area contributed by atoms with Crippen molar-refractivity contribution < 1.29 is 9.53 Å². The maximum atomic E-state index is 12.7.